The summed E-state index contributed by atoms with van der Waals surface area (Å²) in [5, 5.41) is 9.72. The second-order valence-corrected chi connectivity index (χ2v) is 3.64. The molecule has 0 aromatic carbocycles. The molecule has 6 heteroatoms. The minimum atomic E-state index is -0.793. The number of amides is 1. The largest absolute Gasteiger partial charge is 0.494 e. The quantitative estimate of drug-likeness (QED) is 0.828. The lowest BCUT2D eigenvalue weighted by molar-refractivity contribution is 0.0995. The molecule has 0 saturated carbocycles. The van der Waals surface area contributed by atoms with Gasteiger partial charge in [-0.25, -0.2) is 0 Å². The number of rotatable bonds is 3. The van der Waals surface area contributed by atoms with E-state index in [1.165, 1.54) is 0 Å². The van der Waals surface area contributed by atoms with Crippen LogP contribution in [0.5, 0.6) is 5.88 Å². The normalized spacial score (nSPS) is 10.4. The summed E-state index contributed by atoms with van der Waals surface area (Å²) in [5.41, 5.74) is 4.87. The maximum Gasteiger partial charge on any atom is 0.272 e. The van der Waals surface area contributed by atoms with E-state index in [-0.39, 0.29) is 17.1 Å². The molecule has 0 atom stereocenters. The minimum absolute atomic E-state index is 0.0593. The Balaban J connectivity index is 3.78. The molecule has 1 aromatic heterocycles. The predicted molar refractivity (Wildman–Crippen MR) is 60.9 cm³/mol. The molecule has 0 radical (unpaired) electrons. The zero-order valence-electron chi connectivity index (χ0n) is 9.08. The number of nitrogens with two attached hydrogens (primary N) is 1. The molecular formula is C10H13ClN2O3. The summed E-state index contributed by atoms with van der Waals surface area (Å²) in [6.07, 6.45) is 0.352. The van der Waals surface area contributed by atoms with Crippen molar-refractivity contribution in [3.63, 3.8) is 0 Å². The highest BCUT2D eigenvalue weighted by molar-refractivity contribution is 6.31. The van der Waals surface area contributed by atoms with Crippen LogP contribution in [0, 0.1) is 0 Å². The van der Waals surface area contributed by atoms with Crippen LogP contribution in [0.25, 0.3) is 0 Å². The number of primary amides is 1. The second-order valence-electron chi connectivity index (χ2n) is 3.26. The molecule has 5 nitrogen and oxygen atoms in total. The third-order valence-corrected chi connectivity index (χ3v) is 2.78. The Labute approximate surface area is 97.4 Å². The van der Waals surface area contributed by atoms with E-state index in [4.69, 9.17) is 17.3 Å². The van der Waals surface area contributed by atoms with Crippen LogP contribution in [-0.4, -0.2) is 15.6 Å². The van der Waals surface area contributed by atoms with Crippen LogP contribution in [0.2, 0.25) is 5.02 Å². The molecule has 0 saturated heterocycles. The van der Waals surface area contributed by atoms with E-state index in [9.17, 15) is 14.7 Å². The Morgan fingerprint density at radius 3 is 2.44 bits per heavy atom. The van der Waals surface area contributed by atoms with Gasteiger partial charge in [0.05, 0.1) is 0 Å². The van der Waals surface area contributed by atoms with E-state index >= 15 is 0 Å². The highest BCUT2D eigenvalue weighted by Crippen LogP contribution is 2.25. The van der Waals surface area contributed by atoms with Gasteiger partial charge < -0.3 is 10.8 Å². The number of carbonyl (C=O) groups excluding carboxylic acids is 1. The van der Waals surface area contributed by atoms with Crippen LogP contribution in [0.15, 0.2) is 4.79 Å². The monoisotopic (exact) mass is 244 g/mol. The van der Waals surface area contributed by atoms with Gasteiger partial charge in [-0.15, -0.1) is 0 Å². The Bertz CT molecular complexity index is 494. The first-order chi connectivity index (χ1) is 7.45. The van der Waals surface area contributed by atoms with Crippen LogP contribution in [0.1, 0.15) is 29.8 Å². The van der Waals surface area contributed by atoms with Gasteiger partial charge in [0, 0.05) is 6.54 Å². The minimum Gasteiger partial charge on any atom is -0.494 e. The fourth-order valence-electron chi connectivity index (χ4n) is 1.61. The van der Waals surface area contributed by atoms with Crippen molar-refractivity contribution < 1.29 is 9.90 Å². The van der Waals surface area contributed by atoms with Crippen molar-refractivity contribution in [2.45, 2.75) is 26.8 Å². The van der Waals surface area contributed by atoms with E-state index in [2.05, 4.69) is 0 Å². The molecule has 0 aliphatic rings. The number of aromatic hydroxyl groups is 1. The summed E-state index contributed by atoms with van der Waals surface area (Å²) < 4.78 is 1.02. The first-order valence-corrected chi connectivity index (χ1v) is 5.27. The Kier molecular flexibility index (Phi) is 3.59. The van der Waals surface area contributed by atoms with Gasteiger partial charge in [-0.3, -0.25) is 14.2 Å². The Hall–Kier alpha value is -1.49. The number of hydrogen-bond acceptors (Lipinski definition) is 3. The molecule has 0 fully saturated rings. The van der Waals surface area contributed by atoms with Gasteiger partial charge in [-0.05, 0) is 18.9 Å². The molecule has 16 heavy (non-hydrogen) atoms. The van der Waals surface area contributed by atoms with Crippen molar-refractivity contribution >= 4 is 17.5 Å². The lowest BCUT2D eigenvalue weighted by Crippen LogP contribution is -2.26. The average molecular weight is 245 g/mol. The first-order valence-electron chi connectivity index (χ1n) is 4.89. The van der Waals surface area contributed by atoms with Crippen LogP contribution in [0.3, 0.4) is 0 Å². The molecule has 88 valence electrons. The Morgan fingerprint density at radius 2 is 2.06 bits per heavy atom. The third-order valence-electron chi connectivity index (χ3n) is 2.40. The van der Waals surface area contributed by atoms with Crippen LogP contribution in [-0.2, 0) is 13.0 Å². The molecular weight excluding hydrogens is 232 g/mol. The van der Waals surface area contributed by atoms with Gasteiger partial charge in [-0.1, -0.05) is 18.5 Å². The molecule has 1 rings (SSSR count). The molecule has 1 heterocycles. The molecule has 0 aliphatic carbocycles. The molecule has 0 bridgehead atoms. The molecule has 0 aliphatic heterocycles. The summed E-state index contributed by atoms with van der Waals surface area (Å²) in [6, 6.07) is 0. The first kappa shape index (κ1) is 12.6. The van der Waals surface area contributed by atoms with E-state index in [1.54, 1.807) is 13.8 Å². The number of halogens is 1. The van der Waals surface area contributed by atoms with Crippen LogP contribution >= 0.6 is 11.6 Å². The topological polar surface area (TPSA) is 85.3 Å². The van der Waals surface area contributed by atoms with Crippen LogP contribution in [0.4, 0.5) is 0 Å². The second kappa shape index (κ2) is 4.57. The SMILES string of the molecule is CCc1c(C(N)=O)c(O)n(CC)c(=O)c1Cl. The van der Waals surface area contributed by atoms with E-state index in [0.717, 1.165) is 4.57 Å². The molecule has 3 N–H and O–H groups in total. The maximum atomic E-state index is 11.7. The van der Waals surface area contributed by atoms with Crippen molar-refractivity contribution in [2.75, 3.05) is 0 Å². The highest BCUT2D eigenvalue weighted by atomic mass is 35.5. The Morgan fingerprint density at radius 1 is 1.50 bits per heavy atom. The molecule has 0 unspecified atom stereocenters. The van der Waals surface area contributed by atoms with Gasteiger partial charge in [0.2, 0.25) is 5.88 Å². The summed E-state index contributed by atoms with van der Waals surface area (Å²) in [6.45, 7) is 3.60. The summed E-state index contributed by atoms with van der Waals surface area (Å²) in [7, 11) is 0. The van der Waals surface area contributed by atoms with Gasteiger partial charge >= 0.3 is 0 Å². The number of aromatic nitrogens is 1. The lowest BCUT2D eigenvalue weighted by atomic mass is 10.1. The van der Waals surface area contributed by atoms with E-state index in [0.29, 0.717) is 12.0 Å². The number of hydrogen-bond donors (Lipinski definition) is 2. The average Bonchev–Trinajstić information content (AvgIpc) is 2.23. The molecule has 0 spiro atoms. The van der Waals surface area contributed by atoms with Crippen molar-refractivity contribution in [3.05, 3.63) is 26.5 Å². The van der Waals surface area contributed by atoms with Crippen LogP contribution < -0.4 is 11.3 Å². The summed E-state index contributed by atoms with van der Waals surface area (Å²) in [4.78, 5) is 22.9. The lowest BCUT2D eigenvalue weighted by Gasteiger charge is -2.13. The predicted octanol–water partition coefficient (Wildman–Crippen LogP) is 0.889. The van der Waals surface area contributed by atoms with Crippen molar-refractivity contribution in [3.8, 4) is 5.88 Å². The number of pyridine rings is 1. The highest BCUT2D eigenvalue weighted by Gasteiger charge is 2.21. The smallest absolute Gasteiger partial charge is 0.272 e. The number of carbonyl (C=O) groups is 1. The van der Waals surface area contributed by atoms with Gasteiger partial charge in [0.25, 0.3) is 11.5 Å². The molecule has 1 amide bonds. The standard InChI is InChI=1S/C10H13ClN2O3/c1-3-5-6(8(12)14)9(15)13(4-2)10(16)7(5)11/h15H,3-4H2,1-2H3,(H2,12,14). The van der Waals surface area contributed by atoms with E-state index < -0.39 is 17.3 Å². The molecule has 1 aromatic rings. The summed E-state index contributed by atoms with van der Waals surface area (Å²) >= 11 is 5.85. The fraction of sp³-hybridized carbons (Fsp3) is 0.400. The van der Waals surface area contributed by atoms with Gasteiger partial charge in [0.1, 0.15) is 10.6 Å². The zero-order chi connectivity index (χ0) is 12.5. The zero-order valence-corrected chi connectivity index (χ0v) is 9.84. The van der Waals surface area contributed by atoms with Gasteiger partial charge in [0.15, 0.2) is 0 Å². The number of nitrogens with zero attached hydrogens (tertiary/aromatic N) is 1. The third kappa shape index (κ3) is 1.78. The fourth-order valence-corrected chi connectivity index (χ4v) is 1.94. The van der Waals surface area contributed by atoms with Crippen molar-refractivity contribution in [2.24, 2.45) is 5.73 Å². The maximum absolute atomic E-state index is 11.7. The van der Waals surface area contributed by atoms with Gasteiger partial charge in [-0.2, -0.15) is 0 Å². The van der Waals surface area contributed by atoms with Crippen molar-refractivity contribution in [1.29, 1.82) is 0 Å². The summed E-state index contributed by atoms with van der Waals surface area (Å²) in [5.74, 6) is -1.21. The van der Waals surface area contributed by atoms with E-state index in [1.807, 2.05) is 0 Å². The van der Waals surface area contributed by atoms with Crippen molar-refractivity contribution in [1.82, 2.24) is 4.57 Å².